The summed E-state index contributed by atoms with van der Waals surface area (Å²) in [7, 11) is 0. The molecule has 0 radical (unpaired) electrons. The highest BCUT2D eigenvalue weighted by molar-refractivity contribution is 9.11. The summed E-state index contributed by atoms with van der Waals surface area (Å²) in [6.07, 6.45) is 3.22. The van der Waals surface area contributed by atoms with Crippen molar-refractivity contribution in [1.82, 2.24) is 10.6 Å². The van der Waals surface area contributed by atoms with Gasteiger partial charge in [0.1, 0.15) is 0 Å². The Balaban J connectivity index is 1.80. The minimum atomic E-state index is -0.288. The zero-order chi connectivity index (χ0) is 14.6. The van der Waals surface area contributed by atoms with Crippen molar-refractivity contribution in [2.24, 2.45) is 11.3 Å². The standard InChI is InChI=1S/C15H23BrN2OS/c1-15(2,11-4-3-8-17-10-11)14(19)18-9-7-12-5-6-13(16)20-12/h5-6,11,17H,3-4,7-10H2,1-2H3,(H,18,19). The van der Waals surface area contributed by atoms with Crippen LogP contribution in [0.25, 0.3) is 0 Å². The maximum atomic E-state index is 12.4. The second-order valence-electron chi connectivity index (χ2n) is 5.98. The molecule has 1 fully saturated rings. The third-order valence-electron chi connectivity index (χ3n) is 4.19. The average Bonchev–Trinajstić information content (AvgIpc) is 2.85. The fourth-order valence-corrected chi connectivity index (χ4v) is 4.15. The van der Waals surface area contributed by atoms with Gasteiger partial charge in [0, 0.05) is 16.8 Å². The average molecular weight is 359 g/mol. The van der Waals surface area contributed by atoms with Crippen molar-refractivity contribution in [3.63, 3.8) is 0 Å². The molecule has 0 aromatic carbocycles. The Morgan fingerprint density at radius 3 is 2.95 bits per heavy atom. The summed E-state index contributed by atoms with van der Waals surface area (Å²) < 4.78 is 1.15. The van der Waals surface area contributed by atoms with E-state index >= 15 is 0 Å². The van der Waals surface area contributed by atoms with Gasteiger partial charge in [0.05, 0.1) is 3.79 Å². The van der Waals surface area contributed by atoms with Crippen LogP contribution < -0.4 is 10.6 Å². The maximum Gasteiger partial charge on any atom is 0.225 e. The molecule has 112 valence electrons. The molecule has 0 spiro atoms. The van der Waals surface area contributed by atoms with Gasteiger partial charge in [-0.05, 0) is 66.3 Å². The van der Waals surface area contributed by atoms with Gasteiger partial charge in [0.25, 0.3) is 0 Å². The number of halogens is 1. The first-order valence-electron chi connectivity index (χ1n) is 7.23. The summed E-state index contributed by atoms with van der Waals surface area (Å²) in [5, 5.41) is 6.50. The molecule has 1 amide bonds. The molecule has 0 saturated carbocycles. The van der Waals surface area contributed by atoms with Crippen molar-refractivity contribution in [3.8, 4) is 0 Å². The van der Waals surface area contributed by atoms with E-state index in [4.69, 9.17) is 0 Å². The number of thiophene rings is 1. The van der Waals surface area contributed by atoms with E-state index in [1.807, 2.05) is 0 Å². The number of hydrogen-bond donors (Lipinski definition) is 2. The van der Waals surface area contributed by atoms with E-state index in [2.05, 4.69) is 52.5 Å². The fraction of sp³-hybridized carbons (Fsp3) is 0.667. The van der Waals surface area contributed by atoms with E-state index in [9.17, 15) is 4.79 Å². The minimum Gasteiger partial charge on any atom is -0.355 e. The third kappa shape index (κ3) is 4.06. The molecule has 1 saturated heterocycles. The topological polar surface area (TPSA) is 41.1 Å². The van der Waals surface area contributed by atoms with Gasteiger partial charge in [0.2, 0.25) is 5.91 Å². The predicted octanol–water partition coefficient (Wildman–Crippen LogP) is 3.20. The Kier molecular flexibility index (Phi) is 5.64. The highest BCUT2D eigenvalue weighted by Gasteiger charge is 2.36. The lowest BCUT2D eigenvalue weighted by Crippen LogP contribution is -2.47. The van der Waals surface area contributed by atoms with Crippen LogP contribution in [0.5, 0.6) is 0 Å². The normalized spacial score (nSPS) is 19.9. The van der Waals surface area contributed by atoms with Crippen molar-refractivity contribution in [2.75, 3.05) is 19.6 Å². The van der Waals surface area contributed by atoms with Gasteiger partial charge in [-0.3, -0.25) is 4.79 Å². The van der Waals surface area contributed by atoms with E-state index in [1.165, 1.54) is 11.3 Å². The number of carbonyl (C=O) groups excluding carboxylic acids is 1. The van der Waals surface area contributed by atoms with Crippen LogP contribution in [0, 0.1) is 11.3 Å². The Morgan fingerprint density at radius 2 is 2.35 bits per heavy atom. The van der Waals surface area contributed by atoms with Gasteiger partial charge in [-0.25, -0.2) is 0 Å². The first-order valence-corrected chi connectivity index (χ1v) is 8.84. The highest BCUT2D eigenvalue weighted by Crippen LogP contribution is 2.32. The first-order chi connectivity index (χ1) is 9.50. The van der Waals surface area contributed by atoms with E-state index in [-0.39, 0.29) is 11.3 Å². The number of carbonyl (C=O) groups is 1. The van der Waals surface area contributed by atoms with E-state index < -0.39 is 0 Å². The van der Waals surface area contributed by atoms with Gasteiger partial charge in [-0.1, -0.05) is 13.8 Å². The van der Waals surface area contributed by atoms with E-state index in [1.54, 1.807) is 11.3 Å². The Hall–Kier alpha value is -0.390. The molecule has 1 aliphatic rings. The lowest BCUT2D eigenvalue weighted by atomic mass is 9.74. The summed E-state index contributed by atoms with van der Waals surface area (Å²) in [6, 6.07) is 4.16. The Morgan fingerprint density at radius 1 is 1.55 bits per heavy atom. The quantitative estimate of drug-likeness (QED) is 0.848. The summed E-state index contributed by atoms with van der Waals surface area (Å²) in [5.74, 6) is 0.619. The molecule has 2 heterocycles. The molecule has 1 aromatic rings. The molecule has 2 N–H and O–H groups in total. The molecule has 5 heteroatoms. The predicted molar refractivity (Wildman–Crippen MR) is 88.1 cm³/mol. The monoisotopic (exact) mass is 358 g/mol. The fourth-order valence-electron chi connectivity index (χ4n) is 2.67. The third-order valence-corrected chi connectivity index (χ3v) is 5.87. The van der Waals surface area contributed by atoms with Crippen molar-refractivity contribution in [1.29, 1.82) is 0 Å². The zero-order valence-corrected chi connectivity index (χ0v) is 14.6. The molecule has 1 aliphatic heterocycles. The van der Waals surface area contributed by atoms with E-state index in [0.29, 0.717) is 5.92 Å². The number of rotatable bonds is 5. The van der Waals surface area contributed by atoms with Crippen LogP contribution in [0.4, 0.5) is 0 Å². The van der Waals surface area contributed by atoms with Gasteiger partial charge in [-0.15, -0.1) is 11.3 Å². The summed E-state index contributed by atoms with van der Waals surface area (Å²) in [6.45, 7) is 6.90. The minimum absolute atomic E-state index is 0.182. The first kappa shape index (κ1) is 16.0. The molecule has 0 bridgehead atoms. The number of hydrogen-bond acceptors (Lipinski definition) is 3. The van der Waals surface area contributed by atoms with Crippen LogP contribution in [-0.2, 0) is 11.2 Å². The number of amides is 1. The molecule has 1 unspecified atom stereocenters. The van der Waals surface area contributed by atoms with Crippen LogP contribution in [0.2, 0.25) is 0 Å². The van der Waals surface area contributed by atoms with Crippen LogP contribution >= 0.6 is 27.3 Å². The van der Waals surface area contributed by atoms with Crippen LogP contribution in [0.15, 0.2) is 15.9 Å². The molecule has 2 rings (SSSR count). The smallest absolute Gasteiger partial charge is 0.225 e. The van der Waals surface area contributed by atoms with Gasteiger partial charge < -0.3 is 10.6 Å². The van der Waals surface area contributed by atoms with Crippen molar-refractivity contribution >= 4 is 33.2 Å². The number of piperidine rings is 1. The molecule has 1 aromatic heterocycles. The molecule has 20 heavy (non-hydrogen) atoms. The SMILES string of the molecule is CC(C)(C(=O)NCCc1ccc(Br)s1)C1CCCNC1. The van der Waals surface area contributed by atoms with Crippen LogP contribution in [0.1, 0.15) is 31.6 Å². The second kappa shape index (κ2) is 7.05. The van der Waals surface area contributed by atoms with Crippen molar-refractivity contribution < 1.29 is 4.79 Å². The lowest BCUT2D eigenvalue weighted by Gasteiger charge is -2.36. The zero-order valence-electron chi connectivity index (χ0n) is 12.2. The van der Waals surface area contributed by atoms with Crippen molar-refractivity contribution in [2.45, 2.75) is 33.1 Å². The highest BCUT2D eigenvalue weighted by atomic mass is 79.9. The van der Waals surface area contributed by atoms with Gasteiger partial charge in [0.15, 0.2) is 0 Å². The lowest BCUT2D eigenvalue weighted by molar-refractivity contribution is -0.132. The van der Waals surface area contributed by atoms with Crippen LogP contribution in [0.3, 0.4) is 0 Å². The number of nitrogens with one attached hydrogen (secondary N) is 2. The Labute approximate surface area is 133 Å². The van der Waals surface area contributed by atoms with E-state index in [0.717, 1.165) is 36.3 Å². The van der Waals surface area contributed by atoms with Crippen molar-refractivity contribution in [3.05, 3.63) is 20.8 Å². The molecule has 1 atom stereocenters. The van der Waals surface area contributed by atoms with Gasteiger partial charge in [-0.2, -0.15) is 0 Å². The van der Waals surface area contributed by atoms with Crippen LogP contribution in [-0.4, -0.2) is 25.5 Å². The second-order valence-corrected chi connectivity index (χ2v) is 8.52. The van der Waals surface area contributed by atoms with Gasteiger partial charge >= 0.3 is 0 Å². The molecule has 0 aliphatic carbocycles. The summed E-state index contributed by atoms with van der Waals surface area (Å²) in [4.78, 5) is 13.7. The molecular formula is C15H23BrN2OS. The Bertz CT molecular complexity index is 452. The summed E-state index contributed by atoms with van der Waals surface area (Å²) in [5.41, 5.74) is -0.288. The molecular weight excluding hydrogens is 336 g/mol. The molecule has 3 nitrogen and oxygen atoms in total. The maximum absolute atomic E-state index is 12.4. The summed E-state index contributed by atoms with van der Waals surface area (Å²) >= 11 is 5.19. The largest absolute Gasteiger partial charge is 0.355 e.